The Labute approximate surface area is 174 Å². The van der Waals surface area contributed by atoms with Gasteiger partial charge in [0.2, 0.25) is 0 Å². The molecule has 1 fully saturated rings. The third-order valence-electron chi connectivity index (χ3n) is 4.29. The number of likely N-dealkylation sites (tertiary alicyclic amines) is 1. The fourth-order valence-electron chi connectivity index (χ4n) is 3.06. The van der Waals surface area contributed by atoms with Gasteiger partial charge < -0.3 is 9.64 Å². The van der Waals surface area contributed by atoms with Crippen molar-refractivity contribution < 1.29 is 13.2 Å². The smallest absolute Gasteiger partial charge is 0.263 e. The number of nitrogens with zero attached hydrogens (tertiary/aromatic N) is 1. The Morgan fingerprint density at radius 2 is 1.89 bits per heavy atom. The maximum absolute atomic E-state index is 12.8. The quantitative estimate of drug-likeness (QED) is 0.709. The third kappa shape index (κ3) is 4.81. The van der Waals surface area contributed by atoms with Crippen molar-refractivity contribution in [3.8, 4) is 5.75 Å². The minimum absolute atomic E-state index is 0.0107. The van der Waals surface area contributed by atoms with Crippen molar-refractivity contribution in [3.05, 3.63) is 51.0 Å². The molecule has 1 saturated heterocycles. The van der Waals surface area contributed by atoms with Gasteiger partial charge in [-0.3, -0.25) is 4.72 Å². The van der Waals surface area contributed by atoms with Gasteiger partial charge in [0, 0.05) is 24.2 Å². The molecule has 1 N–H and O–H groups in total. The van der Waals surface area contributed by atoms with E-state index in [4.69, 9.17) is 39.5 Å². The molecule has 1 aliphatic heterocycles. The molecule has 0 aliphatic carbocycles. The number of benzene rings is 2. The Morgan fingerprint density at radius 1 is 1.15 bits per heavy atom. The average Bonchev–Trinajstić information content (AvgIpc) is 2.94. The fourth-order valence-corrected chi connectivity index (χ4v) is 5.46. The summed E-state index contributed by atoms with van der Waals surface area (Å²) in [4.78, 5) is 2.15. The Bertz CT molecular complexity index is 943. The van der Waals surface area contributed by atoms with E-state index < -0.39 is 10.0 Å². The van der Waals surface area contributed by atoms with Crippen molar-refractivity contribution in [2.75, 3.05) is 24.9 Å². The highest BCUT2D eigenvalue weighted by Crippen LogP contribution is 2.33. The predicted octanol–water partition coefficient (Wildman–Crippen LogP) is 4.84. The number of sulfonamides is 1. The number of nitrogens with one attached hydrogen (secondary N) is 1. The van der Waals surface area contributed by atoms with Crippen LogP contribution in [0.25, 0.3) is 0 Å². The molecule has 1 atom stereocenters. The van der Waals surface area contributed by atoms with Crippen LogP contribution in [0.2, 0.25) is 15.1 Å². The second-order valence-electron chi connectivity index (χ2n) is 6.58. The van der Waals surface area contributed by atoms with Crippen LogP contribution in [0.3, 0.4) is 0 Å². The maximum Gasteiger partial charge on any atom is 0.263 e. The van der Waals surface area contributed by atoms with Crippen LogP contribution in [0.5, 0.6) is 5.75 Å². The monoisotopic (exact) mass is 448 g/mol. The maximum atomic E-state index is 12.8. The molecule has 1 heterocycles. The van der Waals surface area contributed by atoms with E-state index in [1.165, 1.54) is 6.07 Å². The molecular formula is C18H19Cl3N2O3S. The summed E-state index contributed by atoms with van der Waals surface area (Å²) in [5, 5.41) is 0.861. The lowest BCUT2D eigenvalue weighted by molar-refractivity contribution is 0.208. The van der Waals surface area contributed by atoms with E-state index in [1.54, 1.807) is 31.2 Å². The minimum Gasteiger partial charge on any atom is -0.487 e. The number of ether oxygens (including phenoxy) is 1. The largest absolute Gasteiger partial charge is 0.487 e. The summed E-state index contributed by atoms with van der Waals surface area (Å²) >= 11 is 18.3. The van der Waals surface area contributed by atoms with Gasteiger partial charge >= 0.3 is 0 Å². The number of rotatable bonds is 5. The lowest BCUT2D eigenvalue weighted by atomic mass is 10.2. The van der Waals surface area contributed by atoms with Gasteiger partial charge in [0.05, 0.1) is 15.7 Å². The molecular weight excluding hydrogens is 431 g/mol. The highest BCUT2D eigenvalue weighted by atomic mass is 35.5. The number of anilines is 1. The molecule has 0 saturated carbocycles. The van der Waals surface area contributed by atoms with Crippen LogP contribution < -0.4 is 9.46 Å². The summed E-state index contributed by atoms with van der Waals surface area (Å²) in [5.74, 6) is 0.441. The fraction of sp³-hybridized carbons (Fsp3) is 0.333. The van der Waals surface area contributed by atoms with Crippen LogP contribution >= 0.6 is 34.8 Å². The van der Waals surface area contributed by atoms with Crippen LogP contribution in [-0.2, 0) is 10.0 Å². The van der Waals surface area contributed by atoms with Gasteiger partial charge in [-0.05, 0) is 50.2 Å². The van der Waals surface area contributed by atoms with Gasteiger partial charge in [0.25, 0.3) is 10.0 Å². The minimum atomic E-state index is -3.90. The molecule has 2 aromatic carbocycles. The topological polar surface area (TPSA) is 58.6 Å². The lowest BCUT2D eigenvalue weighted by Crippen LogP contribution is -2.21. The number of hydrogen-bond acceptors (Lipinski definition) is 4. The third-order valence-corrected chi connectivity index (χ3v) is 6.81. The van der Waals surface area contributed by atoms with E-state index in [0.29, 0.717) is 27.0 Å². The molecule has 0 amide bonds. The Kier molecular flexibility index (Phi) is 6.13. The van der Waals surface area contributed by atoms with Crippen molar-refractivity contribution in [3.63, 3.8) is 0 Å². The van der Waals surface area contributed by atoms with Crippen molar-refractivity contribution in [1.82, 2.24) is 4.90 Å². The molecule has 0 unspecified atom stereocenters. The summed E-state index contributed by atoms with van der Waals surface area (Å²) < 4.78 is 34.1. The van der Waals surface area contributed by atoms with E-state index in [2.05, 4.69) is 9.62 Å². The second kappa shape index (κ2) is 8.05. The zero-order valence-corrected chi connectivity index (χ0v) is 17.9. The van der Waals surface area contributed by atoms with Crippen LogP contribution in [0.1, 0.15) is 12.0 Å². The number of likely N-dealkylation sites (N-methyl/N-ethyl adjacent to an activating group) is 1. The van der Waals surface area contributed by atoms with Crippen LogP contribution in [0.4, 0.5) is 5.69 Å². The van der Waals surface area contributed by atoms with Crippen LogP contribution in [0, 0.1) is 6.92 Å². The zero-order valence-electron chi connectivity index (χ0n) is 14.8. The van der Waals surface area contributed by atoms with Gasteiger partial charge in [-0.25, -0.2) is 8.42 Å². The number of halogens is 3. The molecule has 0 radical (unpaired) electrons. The van der Waals surface area contributed by atoms with Gasteiger partial charge in [-0.1, -0.05) is 34.8 Å². The second-order valence-corrected chi connectivity index (χ2v) is 9.45. The van der Waals surface area contributed by atoms with Crippen molar-refractivity contribution in [2.24, 2.45) is 0 Å². The lowest BCUT2D eigenvalue weighted by Gasteiger charge is -2.17. The Balaban J connectivity index is 1.86. The zero-order chi connectivity index (χ0) is 19.8. The average molecular weight is 450 g/mol. The predicted molar refractivity (Wildman–Crippen MR) is 110 cm³/mol. The van der Waals surface area contributed by atoms with E-state index in [0.717, 1.165) is 19.5 Å². The number of aryl methyl sites for hydroxylation is 1. The molecule has 0 aromatic heterocycles. The highest BCUT2D eigenvalue weighted by molar-refractivity contribution is 7.92. The van der Waals surface area contributed by atoms with Crippen LogP contribution in [0.15, 0.2) is 35.2 Å². The first-order valence-corrected chi connectivity index (χ1v) is 10.9. The first-order chi connectivity index (χ1) is 12.7. The molecule has 3 rings (SSSR count). The van der Waals surface area contributed by atoms with Gasteiger partial charge in [0.1, 0.15) is 16.7 Å². The summed E-state index contributed by atoms with van der Waals surface area (Å²) in [6.45, 7) is 3.38. The van der Waals surface area contributed by atoms with Crippen LogP contribution in [-0.4, -0.2) is 39.6 Å². The Hall–Kier alpha value is -1.18. The first-order valence-electron chi connectivity index (χ1n) is 8.29. The summed E-state index contributed by atoms with van der Waals surface area (Å²) in [6.07, 6.45) is 0.912. The SMILES string of the molecule is Cc1cc(Cl)cc(Cl)c1S(=O)(=O)Nc1ccc(Cl)c(O[C@@H]2CCN(C)C2)c1. The van der Waals surface area contributed by atoms with E-state index in [9.17, 15) is 8.42 Å². The summed E-state index contributed by atoms with van der Waals surface area (Å²) in [7, 11) is -1.88. The summed E-state index contributed by atoms with van der Waals surface area (Å²) in [5.41, 5.74) is 0.797. The van der Waals surface area contributed by atoms with Crippen molar-refractivity contribution >= 4 is 50.5 Å². The van der Waals surface area contributed by atoms with Gasteiger partial charge in [0.15, 0.2) is 0 Å². The first kappa shape index (κ1) is 20.6. The molecule has 146 valence electrons. The normalized spacial score (nSPS) is 17.9. The van der Waals surface area contributed by atoms with E-state index in [1.807, 2.05) is 7.05 Å². The number of hydrogen-bond donors (Lipinski definition) is 1. The molecule has 5 nitrogen and oxygen atoms in total. The molecule has 1 aliphatic rings. The van der Waals surface area contributed by atoms with Gasteiger partial charge in [-0.15, -0.1) is 0 Å². The highest BCUT2D eigenvalue weighted by Gasteiger charge is 2.24. The molecule has 9 heteroatoms. The molecule has 0 bridgehead atoms. The molecule has 27 heavy (non-hydrogen) atoms. The van der Waals surface area contributed by atoms with Crippen molar-refractivity contribution in [1.29, 1.82) is 0 Å². The summed E-state index contributed by atoms with van der Waals surface area (Å²) in [6, 6.07) is 7.71. The van der Waals surface area contributed by atoms with E-state index in [-0.39, 0.29) is 16.0 Å². The van der Waals surface area contributed by atoms with E-state index >= 15 is 0 Å². The Morgan fingerprint density at radius 3 is 2.52 bits per heavy atom. The van der Waals surface area contributed by atoms with Gasteiger partial charge in [-0.2, -0.15) is 0 Å². The standard InChI is InChI=1S/C18H19Cl3N2O3S/c1-11-7-12(19)8-16(21)18(11)27(24,25)22-13-3-4-15(20)17(9-13)26-14-5-6-23(2)10-14/h3-4,7-9,14,22H,5-6,10H2,1-2H3/t14-/m1/s1. The molecule has 0 spiro atoms. The molecule has 2 aromatic rings. The van der Waals surface area contributed by atoms with Crippen molar-refractivity contribution in [2.45, 2.75) is 24.3 Å².